The summed E-state index contributed by atoms with van der Waals surface area (Å²) in [5.74, 6) is -0.394. The monoisotopic (exact) mass is 476 g/mol. The number of ether oxygens (including phenoxy) is 1. The first kappa shape index (κ1) is 25.8. The molecule has 0 aliphatic heterocycles. The Hall–Kier alpha value is -1.77. The number of aryl methyl sites for hydroxylation is 2. The second-order valence-corrected chi connectivity index (χ2v) is 10.1. The van der Waals surface area contributed by atoms with Crippen molar-refractivity contribution in [2.75, 3.05) is 13.2 Å². The van der Waals surface area contributed by atoms with Gasteiger partial charge in [0.15, 0.2) is 0 Å². The van der Waals surface area contributed by atoms with Crippen LogP contribution in [0.3, 0.4) is 0 Å². The zero-order valence-corrected chi connectivity index (χ0v) is 19.8. The first-order valence-corrected chi connectivity index (χ1v) is 12.7. The fourth-order valence-corrected chi connectivity index (χ4v) is 5.77. The quantitative estimate of drug-likeness (QED) is 0.330. The summed E-state index contributed by atoms with van der Waals surface area (Å²) in [6.07, 6.45) is 4.25. The van der Waals surface area contributed by atoms with Gasteiger partial charge in [0.25, 0.3) is 0 Å². The molecule has 0 saturated heterocycles. The van der Waals surface area contributed by atoms with Gasteiger partial charge in [0.2, 0.25) is 0 Å². The molecule has 1 aromatic carbocycles. The molecule has 1 aliphatic rings. The highest BCUT2D eigenvalue weighted by molar-refractivity contribution is 7.13. The topological polar surface area (TPSA) is 107 Å². The predicted molar refractivity (Wildman–Crippen MR) is 128 cm³/mol. The Morgan fingerprint density at radius 1 is 1.00 bits per heavy atom. The van der Waals surface area contributed by atoms with Gasteiger partial charge >= 0.3 is 5.97 Å². The summed E-state index contributed by atoms with van der Waals surface area (Å²) in [5.41, 5.74) is 1.21. The maximum absolute atomic E-state index is 11.9. The van der Waals surface area contributed by atoms with E-state index in [4.69, 9.17) is 9.84 Å². The van der Waals surface area contributed by atoms with Crippen molar-refractivity contribution < 1.29 is 30.0 Å². The third-order valence-electron chi connectivity index (χ3n) is 6.61. The van der Waals surface area contributed by atoms with Gasteiger partial charge in [-0.25, -0.2) is 4.79 Å². The molecule has 1 saturated carbocycles. The summed E-state index contributed by atoms with van der Waals surface area (Å²) in [6, 6.07) is 13.8. The van der Waals surface area contributed by atoms with Crippen molar-refractivity contribution in [2.45, 2.75) is 69.7 Å². The number of hydrogen-bond acceptors (Lipinski definition) is 7. The van der Waals surface area contributed by atoms with Gasteiger partial charge in [0, 0.05) is 4.88 Å². The Morgan fingerprint density at radius 2 is 1.73 bits per heavy atom. The van der Waals surface area contributed by atoms with Crippen molar-refractivity contribution in [3.05, 3.63) is 57.8 Å². The summed E-state index contributed by atoms with van der Waals surface area (Å²) in [5, 5.41) is 40.2. The van der Waals surface area contributed by atoms with E-state index in [-0.39, 0.29) is 25.0 Å². The van der Waals surface area contributed by atoms with E-state index in [1.165, 1.54) is 16.9 Å². The van der Waals surface area contributed by atoms with E-state index < -0.39 is 24.3 Å². The Kier molecular flexibility index (Phi) is 10.3. The number of aliphatic hydroxyl groups is 4. The number of esters is 1. The molecule has 4 N–H and O–H groups in total. The number of carbonyl (C=O) groups is 1. The molecule has 1 heterocycles. The number of hydrogen-bond donors (Lipinski definition) is 4. The maximum Gasteiger partial charge on any atom is 0.348 e. The van der Waals surface area contributed by atoms with Crippen molar-refractivity contribution >= 4 is 17.3 Å². The molecule has 1 aliphatic carbocycles. The van der Waals surface area contributed by atoms with Crippen molar-refractivity contribution in [2.24, 2.45) is 11.8 Å². The molecule has 6 nitrogen and oxygen atoms in total. The summed E-state index contributed by atoms with van der Waals surface area (Å²) >= 11 is 1.39. The van der Waals surface area contributed by atoms with E-state index in [0.29, 0.717) is 30.6 Å². The van der Waals surface area contributed by atoms with Crippen LogP contribution in [-0.4, -0.2) is 57.9 Å². The normalized spacial score (nSPS) is 23.5. The number of thiophene rings is 1. The molecule has 1 fully saturated rings. The zero-order chi connectivity index (χ0) is 23.6. The summed E-state index contributed by atoms with van der Waals surface area (Å²) in [7, 11) is 0. The lowest BCUT2D eigenvalue weighted by atomic mass is 9.84. The Morgan fingerprint density at radius 3 is 2.45 bits per heavy atom. The van der Waals surface area contributed by atoms with Gasteiger partial charge < -0.3 is 25.2 Å². The summed E-state index contributed by atoms with van der Waals surface area (Å²) < 4.78 is 4.95. The van der Waals surface area contributed by atoms with Gasteiger partial charge in [-0.3, -0.25) is 0 Å². The standard InChI is InChI=1S/C26H36O6S/c27-15-16-32-26(31)25-14-12-20(33-25)7-4-8-21-22(24(30)17-23(21)29)13-11-19(28)10-9-18-5-2-1-3-6-18/h1-3,5-6,12,14,19,21-24,27-30H,4,7-11,13,15-17H2/t19-,21-,22+,23+,24+/m0/s1. The molecule has 1 aromatic heterocycles. The fourth-order valence-electron chi connectivity index (χ4n) is 4.83. The Labute approximate surface area is 199 Å². The van der Waals surface area contributed by atoms with Crippen LogP contribution < -0.4 is 0 Å². The van der Waals surface area contributed by atoms with Crippen molar-refractivity contribution in [1.82, 2.24) is 0 Å². The molecular formula is C26H36O6S. The van der Waals surface area contributed by atoms with Gasteiger partial charge in [-0.05, 0) is 80.9 Å². The van der Waals surface area contributed by atoms with Crippen molar-refractivity contribution in [1.29, 1.82) is 0 Å². The van der Waals surface area contributed by atoms with E-state index in [1.54, 1.807) is 6.07 Å². The minimum Gasteiger partial charge on any atom is -0.459 e. The SMILES string of the molecule is O=C(OCCO)c1ccc(CCC[C@H]2[C@@H](CC[C@@H](O)CCc3ccccc3)[C@H](O)C[C@H]2O)s1. The summed E-state index contributed by atoms with van der Waals surface area (Å²) in [6.45, 7) is -0.193. The fraction of sp³-hybridized carbons (Fsp3) is 0.577. The van der Waals surface area contributed by atoms with Crippen molar-refractivity contribution in [3.8, 4) is 0 Å². The molecule has 33 heavy (non-hydrogen) atoms. The van der Waals surface area contributed by atoms with Crippen LogP contribution in [0.25, 0.3) is 0 Å². The lowest BCUT2D eigenvalue weighted by molar-refractivity contribution is 0.0439. The van der Waals surface area contributed by atoms with Gasteiger partial charge in [0.1, 0.15) is 11.5 Å². The van der Waals surface area contributed by atoms with Crippen molar-refractivity contribution in [3.63, 3.8) is 0 Å². The van der Waals surface area contributed by atoms with Gasteiger partial charge in [-0.1, -0.05) is 30.3 Å². The highest BCUT2D eigenvalue weighted by Gasteiger charge is 2.40. The van der Waals surface area contributed by atoms with Crippen LogP contribution in [0, 0.1) is 11.8 Å². The first-order valence-electron chi connectivity index (χ1n) is 11.9. The van der Waals surface area contributed by atoms with Crippen LogP contribution >= 0.6 is 11.3 Å². The number of rotatable bonds is 13. The molecule has 182 valence electrons. The number of aliphatic hydroxyl groups excluding tert-OH is 4. The van der Waals surface area contributed by atoms with Crippen LogP contribution in [0.5, 0.6) is 0 Å². The lowest BCUT2D eigenvalue weighted by Gasteiger charge is -2.24. The van der Waals surface area contributed by atoms with E-state index in [9.17, 15) is 20.1 Å². The van der Waals surface area contributed by atoms with E-state index in [1.807, 2.05) is 24.3 Å². The highest BCUT2D eigenvalue weighted by Crippen LogP contribution is 2.39. The molecule has 0 spiro atoms. The van der Waals surface area contributed by atoms with E-state index >= 15 is 0 Å². The van der Waals surface area contributed by atoms with Crippen LogP contribution in [0.15, 0.2) is 42.5 Å². The number of carbonyl (C=O) groups excluding carboxylic acids is 1. The van der Waals surface area contributed by atoms with E-state index in [0.717, 1.165) is 30.6 Å². The summed E-state index contributed by atoms with van der Waals surface area (Å²) in [4.78, 5) is 13.5. The smallest absolute Gasteiger partial charge is 0.348 e. The zero-order valence-electron chi connectivity index (χ0n) is 19.0. The first-order chi connectivity index (χ1) is 16.0. The third kappa shape index (κ3) is 7.90. The molecule has 3 rings (SSSR count). The minimum absolute atomic E-state index is 0.00117. The maximum atomic E-state index is 11.9. The second-order valence-electron chi connectivity index (χ2n) is 8.97. The van der Waals surface area contributed by atoms with Crippen LogP contribution in [0.2, 0.25) is 0 Å². The molecule has 0 amide bonds. The highest BCUT2D eigenvalue weighted by atomic mass is 32.1. The average Bonchev–Trinajstić information content (AvgIpc) is 3.39. The minimum atomic E-state index is -0.527. The van der Waals surface area contributed by atoms with Crippen LogP contribution in [0.1, 0.15) is 58.6 Å². The van der Waals surface area contributed by atoms with Gasteiger partial charge in [0.05, 0.1) is 24.9 Å². The van der Waals surface area contributed by atoms with Crippen LogP contribution in [0.4, 0.5) is 0 Å². The van der Waals surface area contributed by atoms with E-state index in [2.05, 4.69) is 12.1 Å². The predicted octanol–water partition coefficient (Wildman–Crippen LogP) is 3.35. The lowest BCUT2D eigenvalue weighted by Crippen LogP contribution is -2.24. The van der Waals surface area contributed by atoms with Crippen LogP contribution in [-0.2, 0) is 17.6 Å². The molecule has 2 aromatic rings. The Balaban J connectivity index is 1.43. The second kappa shape index (κ2) is 13.2. The number of benzene rings is 1. The average molecular weight is 477 g/mol. The molecule has 0 bridgehead atoms. The third-order valence-corrected chi connectivity index (χ3v) is 7.74. The Bertz CT molecular complexity index is 838. The molecular weight excluding hydrogens is 440 g/mol. The molecule has 0 radical (unpaired) electrons. The molecule has 0 unspecified atom stereocenters. The molecule has 5 atom stereocenters. The van der Waals surface area contributed by atoms with Gasteiger partial charge in [-0.2, -0.15) is 0 Å². The van der Waals surface area contributed by atoms with Gasteiger partial charge in [-0.15, -0.1) is 11.3 Å². The largest absolute Gasteiger partial charge is 0.459 e. The molecule has 7 heteroatoms.